The molecule has 0 spiro atoms. The van der Waals surface area contributed by atoms with E-state index in [0.29, 0.717) is 10.0 Å². The third-order valence-corrected chi connectivity index (χ3v) is 4.53. The molecule has 0 fully saturated rings. The van der Waals surface area contributed by atoms with E-state index in [1.54, 1.807) is 12.4 Å². The SMILES string of the molecule is CC(OCC#Cc1ccc(-c2ccccc2)cc1)c1c(Cl)cncc1Cl. The average Bonchev–Trinajstić information content (AvgIpc) is 2.66. The number of hydrogen-bond acceptors (Lipinski definition) is 2. The van der Waals surface area contributed by atoms with Crippen LogP contribution < -0.4 is 0 Å². The molecule has 2 nitrogen and oxygen atoms in total. The Morgan fingerprint density at radius 3 is 2.19 bits per heavy atom. The highest BCUT2D eigenvalue weighted by Crippen LogP contribution is 2.30. The maximum atomic E-state index is 6.14. The Morgan fingerprint density at radius 2 is 1.54 bits per heavy atom. The number of hydrogen-bond donors (Lipinski definition) is 0. The van der Waals surface area contributed by atoms with Gasteiger partial charge in [0.25, 0.3) is 0 Å². The van der Waals surface area contributed by atoms with Crippen molar-refractivity contribution in [3.63, 3.8) is 0 Å². The van der Waals surface area contributed by atoms with Gasteiger partial charge in [-0.05, 0) is 30.2 Å². The first-order chi connectivity index (χ1) is 12.6. The Balaban J connectivity index is 1.60. The molecule has 0 saturated heterocycles. The van der Waals surface area contributed by atoms with Crippen molar-refractivity contribution in [3.05, 3.63) is 88.2 Å². The van der Waals surface area contributed by atoms with Gasteiger partial charge >= 0.3 is 0 Å². The monoisotopic (exact) mass is 381 g/mol. The highest BCUT2D eigenvalue weighted by molar-refractivity contribution is 6.35. The van der Waals surface area contributed by atoms with Crippen LogP contribution in [0.4, 0.5) is 0 Å². The van der Waals surface area contributed by atoms with E-state index in [0.717, 1.165) is 11.1 Å². The summed E-state index contributed by atoms with van der Waals surface area (Å²) >= 11 is 12.3. The van der Waals surface area contributed by atoms with Gasteiger partial charge in [-0.2, -0.15) is 0 Å². The zero-order valence-electron chi connectivity index (χ0n) is 14.2. The average molecular weight is 382 g/mol. The molecule has 0 amide bonds. The molecule has 1 unspecified atom stereocenters. The molecule has 3 aromatic rings. The number of aromatic nitrogens is 1. The molecule has 130 valence electrons. The zero-order chi connectivity index (χ0) is 18.4. The van der Waals surface area contributed by atoms with Crippen molar-refractivity contribution in [3.8, 4) is 23.0 Å². The summed E-state index contributed by atoms with van der Waals surface area (Å²) < 4.78 is 5.73. The van der Waals surface area contributed by atoms with Crippen LogP contribution in [0.15, 0.2) is 67.0 Å². The fourth-order valence-electron chi connectivity index (χ4n) is 2.57. The lowest BCUT2D eigenvalue weighted by atomic mass is 10.0. The molecule has 4 heteroatoms. The predicted octanol–water partition coefficient (Wildman–Crippen LogP) is 6.18. The lowest BCUT2D eigenvalue weighted by Gasteiger charge is -2.14. The van der Waals surface area contributed by atoms with Crippen LogP contribution >= 0.6 is 23.2 Å². The Labute approximate surface area is 163 Å². The molecular weight excluding hydrogens is 365 g/mol. The summed E-state index contributed by atoms with van der Waals surface area (Å²) in [5.74, 6) is 6.13. The quantitative estimate of drug-likeness (QED) is 0.503. The van der Waals surface area contributed by atoms with Crippen LogP contribution in [0.3, 0.4) is 0 Å². The standard InChI is InChI=1S/C22H17Cl2NO/c1-16(22-20(23)14-25-15-21(22)24)26-13-5-6-17-9-11-19(12-10-17)18-7-3-2-4-8-18/h2-4,7-12,14-16H,13H2,1H3. The van der Waals surface area contributed by atoms with Crippen LogP contribution in [0.2, 0.25) is 10.0 Å². The second-order valence-corrected chi connectivity index (χ2v) is 6.53. The number of halogens is 2. The molecule has 1 atom stereocenters. The van der Waals surface area contributed by atoms with Crippen LogP contribution in [-0.4, -0.2) is 11.6 Å². The summed E-state index contributed by atoms with van der Waals surface area (Å²) in [5.41, 5.74) is 4.04. The largest absolute Gasteiger partial charge is 0.361 e. The smallest absolute Gasteiger partial charge is 0.108 e. The fourth-order valence-corrected chi connectivity index (χ4v) is 3.25. The van der Waals surface area contributed by atoms with Gasteiger partial charge in [0.1, 0.15) is 6.61 Å². The van der Waals surface area contributed by atoms with E-state index in [9.17, 15) is 0 Å². The van der Waals surface area contributed by atoms with Crippen molar-refractivity contribution in [2.75, 3.05) is 6.61 Å². The van der Waals surface area contributed by atoms with E-state index in [1.165, 1.54) is 11.1 Å². The molecule has 0 aliphatic carbocycles. The normalized spacial score (nSPS) is 11.5. The number of benzene rings is 2. The summed E-state index contributed by atoms with van der Waals surface area (Å²) in [4.78, 5) is 3.94. The summed E-state index contributed by atoms with van der Waals surface area (Å²) in [6.45, 7) is 2.18. The predicted molar refractivity (Wildman–Crippen MR) is 107 cm³/mol. The highest BCUT2D eigenvalue weighted by Gasteiger charge is 2.14. The van der Waals surface area contributed by atoms with Gasteiger partial charge in [0.2, 0.25) is 0 Å². The molecule has 0 aliphatic rings. The maximum Gasteiger partial charge on any atom is 0.108 e. The summed E-state index contributed by atoms with van der Waals surface area (Å²) in [6, 6.07) is 18.4. The zero-order valence-corrected chi connectivity index (χ0v) is 15.8. The van der Waals surface area contributed by atoms with E-state index in [-0.39, 0.29) is 12.7 Å². The highest BCUT2D eigenvalue weighted by atomic mass is 35.5. The molecule has 0 radical (unpaired) electrons. The van der Waals surface area contributed by atoms with E-state index in [4.69, 9.17) is 27.9 Å². The molecule has 0 aliphatic heterocycles. The molecule has 26 heavy (non-hydrogen) atoms. The molecule has 0 saturated carbocycles. The minimum absolute atomic E-state index is 0.257. The minimum atomic E-state index is -0.257. The molecule has 0 N–H and O–H groups in total. The minimum Gasteiger partial charge on any atom is -0.361 e. The molecule has 1 heterocycles. The second-order valence-electron chi connectivity index (χ2n) is 5.72. The number of ether oxygens (including phenoxy) is 1. The van der Waals surface area contributed by atoms with Crippen LogP contribution in [0, 0.1) is 11.8 Å². The van der Waals surface area contributed by atoms with Gasteiger partial charge in [-0.3, -0.25) is 4.98 Å². The molecular formula is C22H17Cl2NO. The van der Waals surface area contributed by atoms with E-state index in [1.807, 2.05) is 37.3 Å². The lowest BCUT2D eigenvalue weighted by molar-refractivity contribution is 0.0927. The first-order valence-electron chi connectivity index (χ1n) is 8.20. The maximum absolute atomic E-state index is 6.14. The number of nitrogens with zero attached hydrogens (tertiary/aromatic N) is 1. The fraction of sp³-hybridized carbons (Fsp3) is 0.136. The molecule has 2 aromatic carbocycles. The molecule has 1 aromatic heterocycles. The summed E-state index contributed by atoms with van der Waals surface area (Å²) in [6.07, 6.45) is 2.86. The van der Waals surface area contributed by atoms with Crippen molar-refractivity contribution >= 4 is 23.2 Å². The third-order valence-electron chi connectivity index (χ3n) is 3.93. The van der Waals surface area contributed by atoms with Crippen LogP contribution in [0.25, 0.3) is 11.1 Å². The Hall–Kier alpha value is -2.31. The van der Waals surface area contributed by atoms with Gasteiger partial charge in [0.05, 0.1) is 16.1 Å². The summed E-state index contributed by atoms with van der Waals surface area (Å²) in [7, 11) is 0. The number of pyridine rings is 1. The Kier molecular flexibility index (Phi) is 6.30. The van der Waals surface area contributed by atoms with Crippen molar-refractivity contribution in [2.24, 2.45) is 0 Å². The Bertz CT molecular complexity index is 908. The van der Waals surface area contributed by atoms with Gasteiger partial charge in [0, 0.05) is 23.5 Å². The summed E-state index contributed by atoms with van der Waals surface area (Å²) in [5, 5.41) is 0.990. The van der Waals surface area contributed by atoms with Crippen molar-refractivity contribution in [1.82, 2.24) is 4.98 Å². The van der Waals surface area contributed by atoms with Gasteiger partial charge < -0.3 is 4.74 Å². The first-order valence-corrected chi connectivity index (χ1v) is 8.95. The van der Waals surface area contributed by atoms with Gasteiger partial charge in [0.15, 0.2) is 0 Å². The van der Waals surface area contributed by atoms with Gasteiger partial charge in [-0.1, -0.05) is 77.5 Å². The van der Waals surface area contributed by atoms with E-state index < -0.39 is 0 Å². The van der Waals surface area contributed by atoms with Crippen LogP contribution in [-0.2, 0) is 4.74 Å². The van der Waals surface area contributed by atoms with Crippen molar-refractivity contribution in [2.45, 2.75) is 13.0 Å². The van der Waals surface area contributed by atoms with E-state index in [2.05, 4.69) is 41.1 Å². The molecule has 3 rings (SSSR count). The van der Waals surface area contributed by atoms with Gasteiger partial charge in [-0.15, -0.1) is 0 Å². The van der Waals surface area contributed by atoms with Crippen LogP contribution in [0.5, 0.6) is 0 Å². The second kappa shape index (κ2) is 8.87. The third kappa shape index (κ3) is 4.65. The lowest BCUT2D eigenvalue weighted by Crippen LogP contribution is -2.02. The van der Waals surface area contributed by atoms with Crippen molar-refractivity contribution < 1.29 is 4.74 Å². The van der Waals surface area contributed by atoms with E-state index >= 15 is 0 Å². The molecule has 0 bridgehead atoms. The van der Waals surface area contributed by atoms with Crippen molar-refractivity contribution in [1.29, 1.82) is 0 Å². The number of rotatable bonds is 4. The Morgan fingerprint density at radius 1 is 0.923 bits per heavy atom. The van der Waals surface area contributed by atoms with Gasteiger partial charge in [-0.25, -0.2) is 0 Å². The van der Waals surface area contributed by atoms with Crippen LogP contribution in [0.1, 0.15) is 24.2 Å². The first kappa shape index (κ1) is 18.5. The topological polar surface area (TPSA) is 22.1 Å².